The lowest BCUT2D eigenvalue weighted by Crippen LogP contribution is -1.91. The molecule has 64 valence electrons. The van der Waals surface area contributed by atoms with Crippen LogP contribution in [-0.4, -0.2) is 13.7 Å². The molecule has 2 rings (SSSR count). The van der Waals surface area contributed by atoms with Crippen LogP contribution in [0.3, 0.4) is 0 Å². The van der Waals surface area contributed by atoms with Gasteiger partial charge < -0.3 is 9.47 Å². The summed E-state index contributed by atoms with van der Waals surface area (Å²) in [5.74, 6) is 1.94. The predicted molar refractivity (Wildman–Crippen MR) is 46.9 cm³/mol. The van der Waals surface area contributed by atoms with Gasteiger partial charge in [0.25, 0.3) is 0 Å². The normalized spacial score (nSPS) is 13.8. The molecule has 0 saturated carbocycles. The molecule has 1 aromatic carbocycles. The maximum absolute atomic E-state index is 5.49. The second-order valence-corrected chi connectivity index (χ2v) is 2.98. The van der Waals surface area contributed by atoms with Crippen molar-refractivity contribution in [1.82, 2.24) is 0 Å². The summed E-state index contributed by atoms with van der Waals surface area (Å²) < 4.78 is 10.7. The van der Waals surface area contributed by atoms with Crippen molar-refractivity contribution in [3.05, 3.63) is 23.3 Å². The minimum Gasteiger partial charge on any atom is -0.496 e. The van der Waals surface area contributed by atoms with E-state index in [0.717, 1.165) is 30.1 Å². The minimum absolute atomic E-state index is 0.809. The molecule has 1 aliphatic heterocycles. The summed E-state index contributed by atoms with van der Waals surface area (Å²) in [6, 6.07) is 4.08. The Balaban J connectivity index is 2.54. The van der Waals surface area contributed by atoms with E-state index in [1.54, 1.807) is 7.11 Å². The zero-order valence-corrected chi connectivity index (χ0v) is 7.39. The fourth-order valence-electron chi connectivity index (χ4n) is 1.61. The van der Waals surface area contributed by atoms with Crippen LogP contribution in [-0.2, 0) is 6.42 Å². The first-order valence-electron chi connectivity index (χ1n) is 4.12. The molecule has 0 bridgehead atoms. The van der Waals surface area contributed by atoms with Gasteiger partial charge in [0, 0.05) is 12.0 Å². The van der Waals surface area contributed by atoms with Crippen LogP contribution in [0.2, 0.25) is 0 Å². The highest BCUT2D eigenvalue weighted by atomic mass is 16.5. The second-order valence-electron chi connectivity index (χ2n) is 2.98. The monoisotopic (exact) mass is 164 g/mol. The molecule has 2 nitrogen and oxygen atoms in total. The smallest absolute Gasteiger partial charge is 0.129 e. The average molecular weight is 164 g/mol. The number of benzene rings is 1. The summed E-state index contributed by atoms with van der Waals surface area (Å²) in [5.41, 5.74) is 2.42. The maximum atomic E-state index is 5.49. The molecular weight excluding hydrogens is 152 g/mol. The SMILES string of the molecule is COc1ccc2c(c1C)OCC2. The highest BCUT2D eigenvalue weighted by Crippen LogP contribution is 2.34. The van der Waals surface area contributed by atoms with Crippen LogP contribution >= 0.6 is 0 Å². The van der Waals surface area contributed by atoms with Crippen LogP contribution in [0.1, 0.15) is 11.1 Å². The van der Waals surface area contributed by atoms with Gasteiger partial charge in [0.1, 0.15) is 11.5 Å². The first kappa shape index (κ1) is 7.47. The zero-order valence-electron chi connectivity index (χ0n) is 7.39. The maximum Gasteiger partial charge on any atom is 0.129 e. The Labute approximate surface area is 72.1 Å². The molecule has 0 aromatic heterocycles. The number of rotatable bonds is 1. The van der Waals surface area contributed by atoms with Crippen molar-refractivity contribution in [2.45, 2.75) is 13.3 Å². The quantitative estimate of drug-likeness (QED) is 0.631. The fraction of sp³-hybridized carbons (Fsp3) is 0.400. The highest BCUT2D eigenvalue weighted by Gasteiger charge is 2.16. The molecule has 0 atom stereocenters. The number of hydrogen-bond donors (Lipinski definition) is 0. The third-order valence-electron chi connectivity index (χ3n) is 2.28. The van der Waals surface area contributed by atoms with Crippen molar-refractivity contribution in [1.29, 1.82) is 0 Å². The molecular formula is C10H12O2. The van der Waals surface area contributed by atoms with Gasteiger partial charge in [-0.2, -0.15) is 0 Å². The van der Waals surface area contributed by atoms with E-state index < -0.39 is 0 Å². The first-order valence-corrected chi connectivity index (χ1v) is 4.12. The van der Waals surface area contributed by atoms with Gasteiger partial charge in [0.15, 0.2) is 0 Å². The zero-order chi connectivity index (χ0) is 8.55. The fourth-order valence-corrected chi connectivity index (χ4v) is 1.61. The number of ether oxygens (including phenoxy) is 2. The van der Waals surface area contributed by atoms with Gasteiger partial charge in [-0.3, -0.25) is 0 Å². The number of hydrogen-bond acceptors (Lipinski definition) is 2. The lowest BCUT2D eigenvalue weighted by atomic mass is 10.1. The Morgan fingerprint density at radius 3 is 3.00 bits per heavy atom. The van der Waals surface area contributed by atoms with Gasteiger partial charge >= 0.3 is 0 Å². The van der Waals surface area contributed by atoms with E-state index in [4.69, 9.17) is 9.47 Å². The molecule has 0 unspecified atom stereocenters. The largest absolute Gasteiger partial charge is 0.496 e. The van der Waals surface area contributed by atoms with Gasteiger partial charge in [0.2, 0.25) is 0 Å². The Morgan fingerprint density at radius 1 is 1.42 bits per heavy atom. The number of fused-ring (bicyclic) bond motifs is 1. The molecule has 0 radical (unpaired) electrons. The molecule has 2 heteroatoms. The highest BCUT2D eigenvalue weighted by molar-refractivity contribution is 5.50. The Bertz CT molecular complexity index is 305. The topological polar surface area (TPSA) is 18.5 Å². The Hall–Kier alpha value is -1.18. The Kier molecular flexibility index (Phi) is 1.68. The van der Waals surface area contributed by atoms with Crippen LogP contribution in [0.25, 0.3) is 0 Å². The lowest BCUT2D eigenvalue weighted by Gasteiger charge is -2.08. The van der Waals surface area contributed by atoms with Crippen LogP contribution < -0.4 is 9.47 Å². The van der Waals surface area contributed by atoms with Crippen LogP contribution in [0, 0.1) is 6.92 Å². The van der Waals surface area contributed by atoms with Gasteiger partial charge in [-0.1, -0.05) is 6.07 Å². The van der Waals surface area contributed by atoms with E-state index in [2.05, 4.69) is 6.07 Å². The third-order valence-corrected chi connectivity index (χ3v) is 2.28. The molecule has 0 saturated heterocycles. The average Bonchev–Trinajstić information content (AvgIpc) is 2.53. The van der Waals surface area contributed by atoms with Crippen molar-refractivity contribution in [3.8, 4) is 11.5 Å². The third kappa shape index (κ3) is 0.951. The van der Waals surface area contributed by atoms with Crippen molar-refractivity contribution >= 4 is 0 Å². The van der Waals surface area contributed by atoms with Gasteiger partial charge in [-0.25, -0.2) is 0 Å². The van der Waals surface area contributed by atoms with Crippen molar-refractivity contribution in [2.24, 2.45) is 0 Å². The number of methoxy groups -OCH3 is 1. The second kappa shape index (κ2) is 2.70. The molecule has 12 heavy (non-hydrogen) atoms. The summed E-state index contributed by atoms with van der Waals surface area (Å²) in [5, 5.41) is 0. The first-order chi connectivity index (χ1) is 5.83. The predicted octanol–water partition coefficient (Wildman–Crippen LogP) is 1.94. The van der Waals surface area contributed by atoms with E-state index in [-0.39, 0.29) is 0 Å². The Morgan fingerprint density at radius 2 is 2.25 bits per heavy atom. The molecule has 0 amide bonds. The summed E-state index contributed by atoms with van der Waals surface area (Å²) in [6.07, 6.45) is 1.03. The van der Waals surface area contributed by atoms with Gasteiger partial charge in [0.05, 0.1) is 13.7 Å². The summed E-state index contributed by atoms with van der Waals surface area (Å²) in [7, 11) is 1.68. The molecule has 0 fully saturated rings. The molecule has 0 aliphatic carbocycles. The molecule has 1 heterocycles. The molecule has 0 N–H and O–H groups in total. The summed E-state index contributed by atoms with van der Waals surface area (Å²) in [4.78, 5) is 0. The lowest BCUT2D eigenvalue weighted by molar-refractivity contribution is 0.349. The van der Waals surface area contributed by atoms with Crippen molar-refractivity contribution in [3.63, 3.8) is 0 Å². The van der Waals surface area contributed by atoms with E-state index in [1.165, 1.54) is 5.56 Å². The molecule has 1 aromatic rings. The molecule has 0 spiro atoms. The summed E-state index contributed by atoms with van der Waals surface area (Å²) >= 11 is 0. The van der Waals surface area contributed by atoms with Gasteiger partial charge in [-0.05, 0) is 18.6 Å². The van der Waals surface area contributed by atoms with Crippen LogP contribution in [0.4, 0.5) is 0 Å². The minimum atomic E-state index is 0.809. The van der Waals surface area contributed by atoms with Crippen molar-refractivity contribution in [2.75, 3.05) is 13.7 Å². The van der Waals surface area contributed by atoms with E-state index in [1.807, 2.05) is 13.0 Å². The summed E-state index contributed by atoms with van der Waals surface area (Å²) in [6.45, 7) is 2.84. The van der Waals surface area contributed by atoms with E-state index in [0.29, 0.717) is 0 Å². The van der Waals surface area contributed by atoms with Crippen molar-refractivity contribution < 1.29 is 9.47 Å². The standard InChI is InChI=1S/C10H12O2/c1-7-9(11-2)4-3-8-5-6-12-10(7)8/h3-4H,5-6H2,1-2H3. The van der Waals surface area contributed by atoms with Crippen LogP contribution in [0.15, 0.2) is 12.1 Å². The van der Waals surface area contributed by atoms with Gasteiger partial charge in [-0.15, -0.1) is 0 Å². The van der Waals surface area contributed by atoms with Crippen LogP contribution in [0.5, 0.6) is 11.5 Å². The van der Waals surface area contributed by atoms with E-state index >= 15 is 0 Å². The van der Waals surface area contributed by atoms with E-state index in [9.17, 15) is 0 Å². The molecule has 1 aliphatic rings.